The quantitative estimate of drug-likeness (QED) is 0.804. The molecule has 1 unspecified atom stereocenters. The molecule has 0 amide bonds. The van der Waals surface area contributed by atoms with Gasteiger partial charge < -0.3 is 9.84 Å². The number of aliphatic hydroxyl groups is 1. The molecule has 3 rings (SSSR count). The van der Waals surface area contributed by atoms with Crippen molar-refractivity contribution in [2.45, 2.75) is 43.7 Å². The number of rotatable bonds is 3. The normalized spacial score (nSPS) is 33.5. The van der Waals surface area contributed by atoms with E-state index in [1.807, 2.05) is 0 Å². The fraction of sp³-hybridized carbons (Fsp3) is 1.00. The van der Waals surface area contributed by atoms with Crippen LogP contribution in [-0.2, 0) is 4.74 Å². The molecule has 3 fully saturated rings. The molecule has 104 valence electrons. The number of hydrogen-bond acceptors (Lipinski definition) is 4. The molecular formula is C14H26N2O2. The highest BCUT2D eigenvalue weighted by atomic mass is 16.5. The van der Waals surface area contributed by atoms with E-state index < -0.39 is 0 Å². The summed E-state index contributed by atoms with van der Waals surface area (Å²) in [6, 6.07) is 0.663. The molecule has 1 aliphatic carbocycles. The van der Waals surface area contributed by atoms with E-state index >= 15 is 0 Å². The molecule has 1 spiro atoms. The van der Waals surface area contributed by atoms with Crippen molar-refractivity contribution in [2.75, 3.05) is 45.9 Å². The fourth-order valence-corrected chi connectivity index (χ4v) is 4.14. The molecule has 1 atom stereocenters. The van der Waals surface area contributed by atoms with Crippen molar-refractivity contribution < 1.29 is 9.84 Å². The van der Waals surface area contributed by atoms with Crippen LogP contribution in [0.15, 0.2) is 0 Å². The van der Waals surface area contributed by atoms with Crippen LogP contribution in [0.2, 0.25) is 0 Å². The highest BCUT2D eigenvalue weighted by Gasteiger charge is 2.48. The average molecular weight is 254 g/mol. The first-order valence-electron chi connectivity index (χ1n) is 7.55. The van der Waals surface area contributed by atoms with Crippen molar-refractivity contribution in [3.8, 4) is 0 Å². The Kier molecular flexibility index (Phi) is 3.89. The van der Waals surface area contributed by atoms with Crippen molar-refractivity contribution >= 4 is 0 Å². The fourth-order valence-electron chi connectivity index (χ4n) is 4.14. The van der Waals surface area contributed by atoms with Crippen molar-refractivity contribution in [2.24, 2.45) is 0 Å². The average Bonchev–Trinajstić information content (AvgIpc) is 3.02. The van der Waals surface area contributed by atoms with Gasteiger partial charge in [0.25, 0.3) is 0 Å². The molecule has 0 aromatic heterocycles. The van der Waals surface area contributed by atoms with E-state index in [0.717, 1.165) is 39.3 Å². The first-order chi connectivity index (χ1) is 8.84. The van der Waals surface area contributed by atoms with E-state index in [-0.39, 0.29) is 12.2 Å². The molecule has 0 aromatic carbocycles. The zero-order valence-corrected chi connectivity index (χ0v) is 11.3. The SMILES string of the molecule is OCCN1CCN(C2CCOC23CCCC3)CC1. The van der Waals surface area contributed by atoms with Gasteiger partial charge >= 0.3 is 0 Å². The molecule has 2 heterocycles. The summed E-state index contributed by atoms with van der Waals surface area (Å²) in [5.74, 6) is 0. The molecular weight excluding hydrogens is 228 g/mol. The van der Waals surface area contributed by atoms with Gasteiger partial charge in [0.1, 0.15) is 0 Å². The van der Waals surface area contributed by atoms with Gasteiger partial charge in [0, 0.05) is 45.4 Å². The van der Waals surface area contributed by atoms with Gasteiger partial charge in [-0.15, -0.1) is 0 Å². The minimum absolute atomic E-state index is 0.207. The Morgan fingerprint density at radius 1 is 1.11 bits per heavy atom. The molecule has 4 heteroatoms. The molecule has 2 saturated heterocycles. The maximum absolute atomic E-state index is 8.99. The lowest BCUT2D eigenvalue weighted by molar-refractivity contribution is -0.0445. The number of piperazine rings is 1. The van der Waals surface area contributed by atoms with Gasteiger partial charge in [0.05, 0.1) is 12.2 Å². The smallest absolute Gasteiger partial charge is 0.0837 e. The number of ether oxygens (including phenoxy) is 1. The van der Waals surface area contributed by atoms with Crippen molar-refractivity contribution in [1.29, 1.82) is 0 Å². The van der Waals surface area contributed by atoms with Crippen LogP contribution in [0.25, 0.3) is 0 Å². The lowest BCUT2D eigenvalue weighted by atomic mass is 9.90. The third kappa shape index (κ3) is 2.31. The van der Waals surface area contributed by atoms with Crippen LogP contribution in [0.4, 0.5) is 0 Å². The number of hydrogen-bond donors (Lipinski definition) is 1. The Bertz CT molecular complexity index is 265. The van der Waals surface area contributed by atoms with Gasteiger partial charge in [0.15, 0.2) is 0 Å². The van der Waals surface area contributed by atoms with E-state index in [0.29, 0.717) is 6.04 Å². The second-order valence-corrected chi connectivity index (χ2v) is 6.03. The van der Waals surface area contributed by atoms with Crippen molar-refractivity contribution in [3.63, 3.8) is 0 Å². The van der Waals surface area contributed by atoms with Crippen LogP contribution in [0.1, 0.15) is 32.1 Å². The Labute approximate surface area is 110 Å². The topological polar surface area (TPSA) is 35.9 Å². The largest absolute Gasteiger partial charge is 0.395 e. The second kappa shape index (κ2) is 5.45. The minimum atomic E-state index is 0.207. The molecule has 1 saturated carbocycles. The van der Waals surface area contributed by atoms with E-state index in [4.69, 9.17) is 9.84 Å². The molecule has 3 aliphatic rings. The van der Waals surface area contributed by atoms with Crippen LogP contribution in [-0.4, -0.2) is 72.5 Å². The Morgan fingerprint density at radius 3 is 2.50 bits per heavy atom. The van der Waals surface area contributed by atoms with Crippen LogP contribution in [0, 0.1) is 0 Å². The van der Waals surface area contributed by atoms with Crippen molar-refractivity contribution in [3.05, 3.63) is 0 Å². The summed E-state index contributed by atoms with van der Waals surface area (Å²) >= 11 is 0. The van der Waals surface area contributed by atoms with Gasteiger partial charge in [-0.3, -0.25) is 9.80 Å². The summed E-state index contributed by atoms with van der Waals surface area (Å²) in [6.45, 7) is 6.59. The van der Waals surface area contributed by atoms with Crippen molar-refractivity contribution in [1.82, 2.24) is 9.80 Å². The van der Waals surface area contributed by atoms with Gasteiger partial charge in [-0.1, -0.05) is 12.8 Å². The lowest BCUT2D eigenvalue weighted by Gasteiger charge is -2.43. The van der Waals surface area contributed by atoms with Gasteiger partial charge in [-0.25, -0.2) is 0 Å². The highest BCUT2D eigenvalue weighted by molar-refractivity contribution is 5.02. The molecule has 2 aliphatic heterocycles. The summed E-state index contributed by atoms with van der Waals surface area (Å²) in [4.78, 5) is 5.03. The maximum Gasteiger partial charge on any atom is 0.0837 e. The molecule has 4 nitrogen and oxygen atoms in total. The standard InChI is InChI=1S/C14H26N2O2/c17-11-10-15-6-8-16(9-7-15)13-3-12-18-14(13)4-1-2-5-14/h13,17H,1-12H2. The molecule has 18 heavy (non-hydrogen) atoms. The Balaban J connectivity index is 1.58. The third-order valence-electron chi connectivity index (χ3n) is 5.10. The van der Waals surface area contributed by atoms with E-state index in [1.54, 1.807) is 0 Å². The monoisotopic (exact) mass is 254 g/mol. The van der Waals surface area contributed by atoms with Crippen LogP contribution in [0.5, 0.6) is 0 Å². The van der Waals surface area contributed by atoms with Gasteiger partial charge in [0.2, 0.25) is 0 Å². The molecule has 0 aromatic rings. The van der Waals surface area contributed by atoms with E-state index in [9.17, 15) is 0 Å². The molecule has 1 N–H and O–H groups in total. The molecule has 0 bridgehead atoms. The first kappa shape index (κ1) is 12.9. The van der Waals surface area contributed by atoms with E-state index in [2.05, 4.69) is 9.80 Å². The van der Waals surface area contributed by atoms with Crippen LogP contribution >= 0.6 is 0 Å². The van der Waals surface area contributed by atoms with Crippen LogP contribution in [0.3, 0.4) is 0 Å². The number of β-amino-alcohol motifs (C(OH)–C–C–N with tert-alkyl or cyclic N) is 1. The first-order valence-corrected chi connectivity index (χ1v) is 7.55. The maximum atomic E-state index is 8.99. The predicted octanol–water partition coefficient (Wildman–Crippen LogP) is 0.698. The Morgan fingerprint density at radius 2 is 1.83 bits per heavy atom. The summed E-state index contributed by atoms with van der Waals surface area (Å²) in [5, 5.41) is 8.99. The summed E-state index contributed by atoms with van der Waals surface area (Å²) < 4.78 is 6.15. The van der Waals surface area contributed by atoms with Gasteiger partial charge in [-0.2, -0.15) is 0 Å². The predicted molar refractivity (Wildman–Crippen MR) is 70.7 cm³/mol. The minimum Gasteiger partial charge on any atom is -0.395 e. The lowest BCUT2D eigenvalue weighted by Crippen LogP contribution is -2.56. The highest BCUT2D eigenvalue weighted by Crippen LogP contribution is 2.43. The van der Waals surface area contributed by atoms with Gasteiger partial charge in [-0.05, 0) is 19.3 Å². The molecule has 0 radical (unpaired) electrons. The summed E-state index contributed by atoms with van der Waals surface area (Å²) in [7, 11) is 0. The Hall–Kier alpha value is -0.160. The third-order valence-corrected chi connectivity index (χ3v) is 5.10. The summed E-state index contributed by atoms with van der Waals surface area (Å²) in [5.41, 5.74) is 0.207. The summed E-state index contributed by atoms with van der Waals surface area (Å²) in [6.07, 6.45) is 6.46. The number of aliphatic hydroxyl groups excluding tert-OH is 1. The zero-order chi connectivity index (χ0) is 12.4. The van der Waals surface area contributed by atoms with E-state index in [1.165, 1.54) is 32.1 Å². The number of nitrogens with zero attached hydrogens (tertiary/aromatic N) is 2. The second-order valence-electron chi connectivity index (χ2n) is 6.03. The van der Waals surface area contributed by atoms with Crippen LogP contribution < -0.4 is 0 Å². The zero-order valence-electron chi connectivity index (χ0n) is 11.3.